The van der Waals surface area contributed by atoms with Gasteiger partial charge < -0.3 is 14.2 Å². The highest BCUT2D eigenvalue weighted by molar-refractivity contribution is 5.92. The summed E-state index contributed by atoms with van der Waals surface area (Å²) < 4.78 is 6.88. The van der Waals surface area contributed by atoms with Crippen molar-refractivity contribution in [3.05, 3.63) is 24.3 Å². The van der Waals surface area contributed by atoms with Crippen LogP contribution in [-0.2, 0) is 15.1 Å². The number of nitrogens with zero attached hydrogens (tertiary/aromatic N) is 3. The van der Waals surface area contributed by atoms with Gasteiger partial charge in [-0.3, -0.25) is 10.1 Å². The van der Waals surface area contributed by atoms with Crippen LogP contribution in [0.15, 0.2) is 24.3 Å². The van der Waals surface area contributed by atoms with Gasteiger partial charge in [0.2, 0.25) is 11.9 Å². The number of aromatic nitrogens is 2. The Balaban J connectivity index is 1.77. The molecule has 1 fully saturated rings. The molecule has 1 aliphatic rings. The average Bonchev–Trinajstić information content (AvgIpc) is 3.07. The molecule has 1 aromatic carbocycles. The molecule has 2 heterocycles. The van der Waals surface area contributed by atoms with Gasteiger partial charge in [0.25, 0.3) is 0 Å². The van der Waals surface area contributed by atoms with Gasteiger partial charge >= 0.3 is 6.09 Å². The summed E-state index contributed by atoms with van der Waals surface area (Å²) in [4.78, 5) is 29.8. The summed E-state index contributed by atoms with van der Waals surface area (Å²) in [5, 5.41) is 2.88. The molecule has 0 unspecified atom stereocenters. The van der Waals surface area contributed by atoms with Crippen molar-refractivity contribution in [3.8, 4) is 0 Å². The summed E-state index contributed by atoms with van der Waals surface area (Å²) >= 11 is 0. The predicted octanol–water partition coefficient (Wildman–Crippen LogP) is 2.57. The second kappa shape index (κ2) is 6.14. The molecule has 128 valence electrons. The SMILES string of the molecule is CC(C)(C)n1c(NC(=O)CCN2CCOC2=O)nc2ccccc21. The molecule has 1 aliphatic heterocycles. The predicted molar refractivity (Wildman–Crippen MR) is 90.9 cm³/mol. The first kappa shape index (κ1) is 16.3. The number of carbonyl (C=O) groups excluding carboxylic acids is 2. The van der Waals surface area contributed by atoms with Crippen molar-refractivity contribution in [1.82, 2.24) is 14.5 Å². The molecule has 0 spiro atoms. The lowest BCUT2D eigenvalue weighted by Crippen LogP contribution is -2.30. The van der Waals surface area contributed by atoms with Crippen molar-refractivity contribution in [3.63, 3.8) is 0 Å². The number of ether oxygens (including phenoxy) is 1. The van der Waals surface area contributed by atoms with Gasteiger partial charge in [-0.1, -0.05) is 12.1 Å². The first-order valence-corrected chi connectivity index (χ1v) is 8.06. The zero-order chi connectivity index (χ0) is 17.3. The zero-order valence-electron chi connectivity index (χ0n) is 14.2. The highest BCUT2D eigenvalue weighted by atomic mass is 16.6. The molecule has 7 nitrogen and oxygen atoms in total. The van der Waals surface area contributed by atoms with Gasteiger partial charge in [0.1, 0.15) is 6.61 Å². The number of fused-ring (bicyclic) bond motifs is 1. The van der Waals surface area contributed by atoms with Gasteiger partial charge in [0.05, 0.1) is 17.6 Å². The second-order valence-corrected chi connectivity index (χ2v) is 6.83. The molecule has 1 saturated heterocycles. The Hall–Kier alpha value is -2.57. The van der Waals surface area contributed by atoms with Gasteiger partial charge in [0, 0.05) is 18.5 Å². The van der Waals surface area contributed by atoms with Crippen molar-refractivity contribution in [2.75, 3.05) is 25.0 Å². The molecule has 0 aliphatic carbocycles. The third-order valence-corrected chi connectivity index (χ3v) is 3.94. The fourth-order valence-electron chi connectivity index (χ4n) is 2.84. The fraction of sp³-hybridized carbons (Fsp3) is 0.471. The first-order chi connectivity index (χ1) is 11.4. The molecule has 0 radical (unpaired) electrons. The zero-order valence-corrected chi connectivity index (χ0v) is 14.2. The number of benzene rings is 1. The molecule has 7 heteroatoms. The minimum Gasteiger partial charge on any atom is -0.448 e. The number of rotatable bonds is 4. The Morgan fingerprint density at radius 2 is 2.08 bits per heavy atom. The van der Waals surface area contributed by atoms with E-state index in [2.05, 4.69) is 31.1 Å². The van der Waals surface area contributed by atoms with Crippen LogP contribution < -0.4 is 5.32 Å². The topological polar surface area (TPSA) is 76.5 Å². The van der Waals surface area contributed by atoms with Crippen molar-refractivity contribution >= 4 is 29.0 Å². The van der Waals surface area contributed by atoms with Crippen LogP contribution >= 0.6 is 0 Å². The normalized spacial score (nSPS) is 15.0. The van der Waals surface area contributed by atoms with E-state index in [1.54, 1.807) is 0 Å². The lowest BCUT2D eigenvalue weighted by molar-refractivity contribution is -0.116. The van der Waals surface area contributed by atoms with E-state index in [-0.39, 0.29) is 24.0 Å². The van der Waals surface area contributed by atoms with Crippen LogP contribution in [0.2, 0.25) is 0 Å². The summed E-state index contributed by atoms with van der Waals surface area (Å²) in [6.07, 6.45) is -0.146. The number of hydrogen-bond acceptors (Lipinski definition) is 4. The van der Waals surface area contributed by atoms with Crippen LogP contribution in [0, 0.1) is 0 Å². The number of amides is 2. The molecule has 3 rings (SSSR count). The Morgan fingerprint density at radius 3 is 2.75 bits per heavy atom. The van der Waals surface area contributed by atoms with Crippen LogP contribution in [0.3, 0.4) is 0 Å². The molecule has 24 heavy (non-hydrogen) atoms. The first-order valence-electron chi connectivity index (χ1n) is 8.06. The Bertz CT molecular complexity index is 776. The number of anilines is 1. The second-order valence-electron chi connectivity index (χ2n) is 6.83. The summed E-state index contributed by atoms with van der Waals surface area (Å²) in [6, 6.07) is 7.79. The largest absolute Gasteiger partial charge is 0.448 e. The summed E-state index contributed by atoms with van der Waals surface area (Å²) in [6.45, 7) is 7.47. The maximum atomic E-state index is 12.3. The fourth-order valence-corrected chi connectivity index (χ4v) is 2.84. The maximum Gasteiger partial charge on any atom is 0.409 e. The average molecular weight is 330 g/mol. The van der Waals surface area contributed by atoms with Gasteiger partial charge in [-0.25, -0.2) is 9.78 Å². The van der Waals surface area contributed by atoms with Gasteiger partial charge in [-0.2, -0.15) is 0 Å². The minimum absolute atomic E-state index is 0.171. The molecule has 1 N–H and O–H groups in total. The van der Waals surface area contributed by atoms with Crippen molar-refractivity contribution in [2.45, 2.75) is 32.7 Å². The number of cyclic esters (lactones) is 1. The van der Waals surface area contributed by atoms with Crippen molar-refractivity contribution in [2.24, 2.45) is 0 Å². The molecule has 0 bridgehead atoms. The highest BCUT2D eigenvalue weighted by Crippen LogP contribution is 2.27. The Labute approximate surface area is 140 Å². The van der Waals surface area contributed by atoms with E-state index >= 15 is 0 Å². The summed E-state index contributed by atoms with van der Waals surface area (Å²) in [7, 11) is 0. The number of imidazole rings is 1. The van der Waals surface area contributed by atoms with E-state index in [1.807, 2.05) is 28.8 Å². The monoisotopic (exact) mass is 330 g/mol. The maximum absolute atomic E-state index is 12.3. The Kier molecular flexibility index (Phi) is 4.17. The minimum atomic E-state index is -0.357. The number of carbonyl (C=O) groups is 2. The van der Waals surface area contributed by atoms with E-state index < -0.39 is 0 Å². The lowest BCUT2D eigenvalue weighted by atomic mass is 10.1. The summed E-state index contributed by atoms with van der Waals surface area (Å²) in [5.41, 5.74) is 1.59. The third kappa shape index (κ3) is 3.20. The highest BCUT2D eigenvalue weighted by Gasteiger charge is 2.24. The standard InChI is InChI=1S/C17H22N4O3/c1-17(2,3)21-13-7-5-4-6-12(13)18-15(21)19-14(22)8-9-20-10-11-24-16(20)23/h4-7H,8-11H2,1-3H3,(H,18,19,22). The van der Waals surface area contributed by atoms with E-state index in [0.717, 1.165) is 11.0 Å². The van der Waals surface area contributed by atoms with Crippen LogP contribution in [0.25, 0.3) is 11.0 Å². The van der Waals surface area contributed by atoms with Crippen molar-refractivity contribution < 1.29 is 14.3 Å². The van der Waals surface area contributed by atoms with E-state index in [9.17, 15) is 9.59 Å². The molecule has 0 saturated carbocycles. The Morgan fingerprint density at radius 1 is 1.33 bits per heavy atom. The van der Waals surface area contributed by atoms with Crippen LogP contribution in [0.4, 0.5) is 10.7 Å². The number of nitrogens with one attached hydrogen (secondary N) is 1. The van der Waals surface area contributed by atoms with E-state index in [4.69, 9.17) is 4.74 Å². The molecule has 1 aromatic heterocycles. The van der Waals surface area contributed by atoms with E-state index in [1.165, 1.54) is 4.90 Å². The molecule has 2 aromatic rings. The quantitative estimate of drug-likeness (QED) is 0.935. The van der Waals surface area contributed by atoms with Crippen molar-refractivity contribution in [1.29, 1.82) is 0 Å². The van der Waals surface area contributed by atoms with Crippen LogP contribution in [0.1, 0.15) is 27.2 Å². The van der Waals surface area contributed by atoms with E-state index in [0.29, 0.717) is 25.6 Å². The third-order valence-electron chi connectivity index (χ3n) is 3.94. The molecular formula is C17H22N4O3. The van der Waals surface area contributed by atoms with Crippen LogP contribution in [-0.4, -0.2) is 46.1 Å². The number of hydrogen-bond donors (Lipinski definition) is 1. The van der Waals surface area contributed by atoms with Gasteiger partial charge in [0.15, 0.2) is 0 Å². The van der Waals surface area contributed by atoms with Crippen LogP contribution in [0.5, 0.6) is 0 Å². The van der Waals surface area contributed by atoms with Gasteiger partial charge in [-0.15, -0.1) is 0 Å². The summed E-state index contributed by atoms with van der Waals surface area (Å²) in [5.74, 6) is 0.355. The molecular weight excluding hydrogens is 308 g/mol. The smallest absolute Gasteiger partial charge is 0.409 e. The van der Waals surface area contributed by atoms with Gasteiger partial charge in [-0.05, 0) is 32.9 Å². The molecule has 0 atom stereocenters. The molecule has 2 amide bonds. The lowest BCUT2D eigenvalue weighted by Gasteiger charge is -2.24. The number of para-hydroxylation sites is 2.